The van der Waals surface area contributed by atoms with Gasteiger partial charge in [-0.1, -0.05) is 24.3 Å². The molecule has 3 rings (SSSR count). The first-order chi connectivity index (χ1) is 16.5. The number of benzene rings is 2. The van der Waals surface area contributed by atoms with Crippen molar-refractivity contribution in [3.8, 4) is 17.2 Å². The molecule has 0 aliphatic carbocycles. The van der Waals surface area contributed by atoms with Crippen molar-refractivity contribution in [1.82, 2.24) is 10.2 Å². The number of nitrogens with zero attached hydrogens (tertiary/aromatic N) is 1. The minimum Gasteiger partial charge on any atom is -0.496 e. The van der Waals surface area contributed by atoms with E-state index >= 15 is 0 Å². The van der Waals surface area contributed by atoms with Gasteiger partial charge in [-0.2, -0.15) is 0 Å². The maximum atomic E-state index is 12.7. The first-order valence-corrected chi connectivity index (χ1v) is 11.7. The minimum absolute atomic E-state index is 0.106. The third-order valence-corrected chi connectivity index (χ3v) is 6.04. The number of para-hydroxylation sites is 1. The van der Waals surface area contributed by atoms with Crippen LogP contribution in [0.1, 0.15) is 24.5 Å². The fraction of sp³-hybridized carbons (Fsp3) is 0.320. The Morgan fingerprint density at radius 1 is 1.06 bits per heavy atom. The van der Waals surface area contributed by atoms with E-state index in [4.69, 9.17) is 14.2 Å². The number of methoxy groups -OCH3 is 2. The highest BCUT2D eigenvalue weighted by molar-refractivity contribution is 8.18. The predicted octanol–water partition coefficient (Wildman–Crippen LogP) is 3.89. The van der Waals surface area contributed by atoms with E-state index in [2.05, 4.69) is 5.32 Å². The molecular formula is C25H28N2O6S. The van der Waals surface area contributed by atoms with E-state index in [1.807, 2.05) is 31.2 Å². The van der Waals surface area contributed by atoms with E-state index in [9.17, 15) is 14.4 Å². The topological polar surface area (TPSA) is 94.2 Å². The summed E-state index contributed by atoms with van der Waals surface area (Å²) in [7, 11) is 3.14. The summed E-state index contributed by atoms with van der Waals surface area (Å²) in [5.41, 5.74) is 1.66. The van der Waals surface area contributed by atoms with Crippen molar-refractivity contribution >= 4 is 34.9 Å². The van der Waals surface area contributed by atoms with E-state index in [0.29, 0.717) is 29.4 Å². The van der Waals surface area contributed by atoms with Gasteiger partial charge in [0.05, 0.1) is 25.7 Å². The third-order valence-electron chi connectivity index (χ3n) is 5.13. The lowest BCUT2D eigenvalue weighted by atomic mass is 10.1. The van der Waals surface area contributed by atoms with Crippen molar-refractivity contribution in [2.75, 3.05) is 33.9 Å². The number of aryl methyl sites for hydroxylation is 1. The van der Waals surface area contributed by atoms with E-state index in [1.54, 1.807) is 38.5 Å². The summed E-state index contributed by atoms with van der Waals surface area (Å²) in [6.07, 6.45) is 2.46. The zero-order valence-corrected chi connectivity index (χ0v) is 20.3. The number of carbonyl (C=O) groups excluding carboxylic acids is 3. The quantitative estimate of drug-likeness (QED) is 0.484. The zero-order valence-electron chi connectivity index (χ0n) is 19.5. The number of rotatable bonds is 11. The second-order valence-electron chi connectivity index (χ2n) is 7.34. The molecule has 1 aliphatic rings. The number of nitrogens with one attached hydrogen (secondary N) is 1. The Bertz CT molecular complexity index is 1080. The van der Waals surface area contributed by atoms with Crippen molar-refractivity contribution in [3.05, 3.63) is 58.5 Å². The van der Waals surface area contributed by atoms with E-state index in [-0.39, 0.29) is 36.6 Å². The summed E-state index contributed by atoms with van der Waals surface area (Å²) in [6.45, 7) is 2.68. The number of hydrogen-bond acceptors (Lipinski definition) is 7. The maximum Gasteiger partial charge on any atom is 0.293 e. The molecule has 1 fully saturated rings. The highest BCUT2D eigenvalue weighted by atomic mass is 32.2. The Morgan fingerprint density at radius 2 is 1.82 bits per heavy atom. The van der Waals surface area contributed by atoms with Crippen molar-refractivity contribution in [1.29, 1.82) is 0 Å². The van der Waals surface area contributed by atoms with Crippen molar-refractivity contribution in [2.24, 2.45) is 0 Å². The molecule has 8 nitrogen and oxygen atoms in total. The molecule has 1 heterocycles. The molecule has 2 aromatic rings. The van der Waals surface area contributed by atoms with E-state index in [1.165, 1.54) is 0 Å². The average Bonchev–Trinajstić information content (AvgIpc) is 3.11. The lowest BCUT2D eigenvalue weighted by molar-refractivity contribution is -0.124. The number of carbonyl (C=O) groups is 3. The van der Waals surface area contributed by atoms with Crippen LogP contribution >= 0.6 is 11.8 Å². The van der Waals surface area contributed by atoms with Crippen LogP contribution in [0.2, 0.25) is 0 Å². The monoisotopic (exact) mass is 484 g/mol. The minimum atomic E-state index is -0.383. The molecule has 9 heteroatoms. The summed E-state index contributed by atoms with van der Waals surface area (Å²) in [6, 6.07) is 12.8. The normalized spacial score (nSPS) is 14.4. The highest BCUT2D eigenvalue weighted by Crippen LogP contribution is 2.34. The molecule has 180 valence electrons. The molecule has 1 aliphatic heterocycles. The molecule has 0 spiro atoms. The third kappa shape index (κ3) is 6.32. The summed E-state index contributed by atoms with van der Waals surface area (Å²) < 4.78 is 16.1. The summed E-state index contributed by atoms with van der Waals surface area (Å²) in [5, 5.41) is 2.41. The zero-order chi connectivity index (χ0) is 24.5. The summed E-state index contributed by atoms with van der Waals surface area (Å²) in [5.74, 6) is 1.36. The van der Waals surface area contributed by atoms with Crippen molar-refractivity contribution in [3.63, 3.8) is 0 Å². The molecule has 0 radical (unpaired) electrons. The molecular weight excluding hydrogens is 456 g/mol. The van der Waals surface area contributed by atoms with Crippen molar-refractivity contribution in [2.45, 2.75) is 19.8 Å². The van der Waals surface area contributed by atoms with Gasteiger partial charge < -0.3 is 19.5 Å². The summed E-state index contributed by atoms with van der Waals surface area (Å²) in [4.78, 5) is 38.8. The molecule has 0 unspecified atom stereocenters. The Balaban J connectivity index is 1.53. The molecule has 2 aromatic carbocycles. The van der Waals surface area contributed by atoms with Gasteiger partial charge in [0.1, 0.15) is 5.75 Å². The Labute approximate surface area is 203 Å². The lowest BCUT2D eigenvalue weighted by Gasteiger charge is -2.13. The number of ether oxygens (including phenoxy) is 3. The molecule has 0 bridgehead atoms. The average molecular weight is 485 g/mol. The van der Waals surface area contributed by atoms with Gasteiger partial charge in [0.15, 0.2) is 11.5 Å². The van der Waals surface area contributed by atoms with E-state index < -0.39 is 0 Å². The van der Waals surface area contributed by atoms with Crippen LogP contribution in [0.4, 0.5) is 4.79 Å². The number of hydrogen-bond donors (Lipinski definition) is 1. The SMILES string of the molecule is CCOc1ccc(/C=C2\SC(=O)N(CCNC(=O)CCc3ccccc3OC)C2=O)cc1OC. The number of thioether (sulfide) groups is 1. The van der Waals surface area contributed by atoms with Gasteiger partial charge in [0.2, 0.25) is 5.91 Å². The Kier molecular flexibility index (Phi) is 8.98. The molecule has 3 amide bonds. The molecule has 0 aromatic heterocycles. The Hall–Kier alpha value is -3.46. The second kappa shape index (κ2) is 12.1. The van der Waals surface area contributed by atoms with Crippen LogP contribution in [0, 0.1) is 0 Å². The van der Waals surface area contributed by atoms with Gasteiger partial charge in [-0.15, -0.1) is 0 Å². The molecule has 0 atom stereocenters. The van der Waals surface area contributed by atoms with Crippen LogP contribution in [0.5, 0.6) is 17.2 Å². The van der Waals surface area contributed by atoms with Gasteiger partial charge in [0.25, 0.3) is 11.1 Å². The second-order valence-corrected chi connectivity index (χ2v) is 8.33. The number of imide groups is 1. The fourth-order valence-electron chi connectivity index (χ4n) is 3.45. The summed E-state index contributed by atoms with van der Waals surface area (Å²) >= 11 is 0.875. The van der Waals surface area contributed by atoms with Gasteiger partial charge in [-0.3, -0.25) is 19.3 Å². The molecule has 1 N–H and O–H groups in total. The van der Waals surface area contributed by atoms with Crippen LogP contribution in [0.25, 0.3) is 6.08 Å². The van der Waals surface area contributed by atoms with Crippen LogP contribution in [0.3, 0.4) is 0 Å². The maximum absolute atomic E-state index is 12.7. The number of amides is 3. The smallest absolute Gasteiger partial charge is 0.293 e. The van der Waals surface area contributed by atoms with Gasteiger partial charge in [-0.25, -0.2) is 0 Å². The van der Waals surface area contributed by atoms with Crippen molar-refractivity contribution < 1.29 is 28.6 Å². The van der Waals surface area contributed by atoms with Crippen LogP contribution < -0.4 is 19.5 Å². The largest absolute Gasteiger partial charge is 0.496 e. The van der Waals surface area contributed by atoms with Crippen LogP contribution in [-0.4, -0.2) is 55.9 Å². The Morgan fingerprint density at radius 3 is 2.56 bits per heavy atom. The predicted molar refractivity (Wildman–Crippen MR) is 131 cm³/mol. The van der Waals surface area contributed by atoms with Gasteiger partial charge in [0, 0.05) is 19.5 Å². The lowest BCUT2D eigenvalue weighted by Crippen LogP contribution is -2.37. The van der Waals surface area contributed by atoms with Gasteiger partial charge >= 0.3 is 0 Å². The molecule has 34 heavy (non-hydrogen) atoms. The van der Waals surface area contributed by atoms with Crippen LogP contribution in [-0.2, 0) is 16.0 Å². The molecule has 1 saturated heterocycles. The molecule has 0 saturated carbocycles. The first kappa shape index (κ1) is 25.2. The van der Waals surface area contributed by atoms with E-state index in [0.717, 1.165) is 33.5 Å². The van der Waals surface area contributed by atoms with Crippen LogP contribution in [0.15, 0.2) is 47.4 Å². The standard InChI is InChI=1S/C25H28N2O6S/c1-4-33-20-11-9-17(15-21(20)32-3)16-22-24(29)27(25(30)34-22)14-13-26-23(28)12-10-18-7-5-6-8-19(18)31-2/h5-9,11,15-16H,4,10,12-14H2,1-3H3,(H,26,28)/b22-16-. The highest BCUT2D eigenvalue weighted by Gasteiger charge is 2.34. The first-order valence-electron chi connectivity index (χ1n) is 10.9. The fourth-order valence-corrected chi connectivity index (χ4v) is 4.31. The van der Waals surface area contributed by atoms with Gasteiger partial charge in [-0.05, 0) is 60.5 Å².